The summed E-state index contributed by atoms with van der Waals surface area (Å²) in [5.41, 5.74) is 2.19. The normalized spacial score (nSPS) is 9.50. The highest BCUT2D eigenvalue weighted by Crippen LogP contribution is 1.81. The summed E-state index contributed by atoms with van der Waals surface area (Å²) < 4.78 is 0. The largest absolute Gasteiger partial charge is 0.0821 e. The first kappa shape index (κ1) is 4.51. The summed E-state index contributed by atoms with van der Waals surface area (Å²) in [6.07, 6.45) is 0. The number of halogens is 2. The first-order valence-electron chi connectivity index (χ1n) is 0.696. The van der Waals surface area contributed by atoms with Crippen LogP contribution in [0.5, 0.6) is 0 Å². The summed E-state index contributed by atoms with van der Waals surface area (Å²) in [5, 5.41) is 0. The van der Waals surface area contributed by atoms with Crippen LogP contribution in [0, 0.1) is 5.54 Å². The van der Waals surface area contributed by atoms with Gasteiger partial charge in [-0.2, -0.15) is 0 Å². The predicted octanol–water partition coefficient (Wildman–Crippen LogP) is 1.89. The van der Waals surface area contributed by atoms with Gasteiger partial charge < -0.3 is 0 Å². The van der Waals surface area contributed by atoms with Crippen LogP contribution in [0.4, 0.5) is 0 Å². The van der Waals surface area contributed by atoms with Gasteiger partial charge in [-0.05, 0) is 0 Å². The molecule has 0 aliphatic heterocycles. The molecule has 0 amide bonds. The summed E-state index contributed by atoms with van der Waals surface area (Å²) in [6, 6.07) is 0. The Morgan fingerprint density at radius 1 is 2.00 bits per heavy atom. The van der Waals surface area contributed by atoms with Crippen LogP contribution in [0.1, 0.15) is 0 Å². The van der Waals surface area contributed by atoms with E-state index in [2.05, 4.69) is 21.5 Å². The van der Waals surface area contributed by atoms with E-state index in [-0.39, 0.29) is 0 Å². The SMILES string of the molecule is Cl[C]=CBr. The maximum absolute atomic E-state index is 4.83. The lowest BCUT2D eigenvalue weighted by Crippen LogP contribution is -1.12. The Hall–Kier alpha value is 0.510. The predicted molar refractivity (Wildman–Crippen MR) is 22.6 cm³/mol. The van der Waals surface area contributed by atoms with E-state index in [1.54, 1.807) is 0 Å². The third-order valence-electron chi connectivity index (χ3n) is 0.0412. The highest BCUT2D eigenvalue weighted by atomic mass is 79.9. The van der Waals surface area contributed by atoms with Gasteiger partial charge in [0.15, 0.2) is 0 Å². The zero-order valence-electron chi connectivity index (χ0n) is 1.83. The van der Waals surface area contributed by atoms with Crippen molar-refractivity contribution < 1.29 is 0 Å². The van der Waals surface area contributed by atoms with Gasteiger partial charge in [-0.1, -0.05) is 27.5 Å². The molecule has 0 rings (SSSR count). The summed E-state index contributed by atoms with van der Waals surface area (Å²) >= 11 is 7.71. The van der Waals surface area contributed by atoms with Crippen LogP contribution in [0.25, 0.3) is 0 Å². The molecular formula is C2HBrCl. The van der Waals surface area contributed by atoms with Crippen LogP contribution in [-0.4, -0.2) is 0 Å². The highest BCUT2D eigenvalue weighted by Gasteiger charge is 1.42. The molecule has 0 unspecified atom stereocenters. The molecule has 0 bridgehead atoms. The third-order valence-corrected chi connectivity index (χ3v) is 0.643. The van der Waals surface area contributed by atoms with E-state index in [0.29, 0.717) is 0 Å². The maximum atomic E-state index is 4.83. The smallest absolute Gasteiger partial charge is 0.0666 e. The van der Waals surface area contributed by atoms with Crippen molar-refractivity contribution in [2.75, 3.05) is 0 Å². The van der Waals surface area contributed by atoms with Crippen molar-refractivity contribution in [3.63, 3.8) is 0 Å². The molecule has 4 heavy (non-hydrogen) atoms. The molecule has 2 heteroatoms. The fraction of sp³-hybridized carbons (Fsp3) is 0. The molecule has 23 valence electrons. The lowest BCUT2D eigenvalue weighted by Gasteiger charge is -1.42. The Bertz CT molecular complexity index is 21.2. The van der Waals surface area contributed by atoms with E-state index in [9.17, 15) is 0 Å². The van der Waals surface area contributed by atoms with Crippen molar-refractivity contribution >= 4 is 27.5 Å². The Morgan fingerprint density at radius 3 is 2.25 bits per heavy atom. The minimum absolute atomic E-state index is 1.45. The van der Waals surface area contributed by atoms with Gasteiger partial charge in [0.2, 0.25) is 0 Å². The van der Waals surface area contributed by atoms with Crippen LogP contribution in [-0.2, 0) is 0 Å². The van der Waals surface area contributed by atoms with Crippen molar-refractivity contribution in [3.05, 3.63) is 10.5 Å². The molecule has 0 aliphatic carbocycles. The molecule has 0 saturated heterocycles. The highest BCUT2D eigenvalue weighted by molar-refractivity contribution is 9.11. The van der Waals surface area contributed by atoms with Crippen molar-refractivity contribution in [2.24, 2.45) is 0 Å². The average Bonchev–Trinajstić information content (AvgIpc) is 1.37. The second kappa shape index (κ2) is 3.51. The van der Waals surface area contributed by atoms with Crippen LogP contribution in [0.2, 0.25) is 0 Å². The van der Waals surface area contributed by atoms with Gasteiger partial charge in [-0.15, -0.1) is 0 Å². The molecule has 0 aliphatic rings. The van der Waals surface area contributed by atoms with Gasteiger partial charge in [-0.3, -0.25) is 0 Å². The van der Waals surface area contributed by atoms with E-state index in [4.69, 9.17) is 11.6 Å². The Kier molecular flexibility index (Phi) is 3.96. The summed E-state index contributed by atoms with van der Waals surface area (Å²) in [5.74, 6) is 0. The first-order chi connectivity index (χ1) is 1.91. The van der Waals surface area contributed by atoms with E-state index in [0.717, 1.165) is 0 Å². The van der Waals surface area contributed by atoms with E-state index < -0.39 is 0 Å². The molecular weight excluding hydrogens is 139 g/mol. The van der Waals surface area contributed by atoms with Gasteiger partial charge in [0.05, 0.1) is 5.54 Å². The monoisotopic (exact) mass is 139 g/mol. The molecule has 0 fully saturated rings. The van der Waals surface area contributed by atoms with Gasteiger partial charge in [-0.25, -0.2) is 0 Å². The Labute approximate surface area is 38.6 Å². The summed E-state index contributed by atoms with van der Waals surface area (Å²) in [7, 11) is 0. The fourth-order valence-electron chi connectivity index (χ4n) is 0. The molecule has 0 aromatic rings. The van der Waals surface area contributed by atoms with Crippen LogP contribution in [0.3, 0.4) is 0 Å². The molecule has 1 radical (unpaired) electrons. The molecule has 0 saturated carbocycles. The fourth-order valence-corrected chi connectivity index (χ4v) is 0. The van der Waals surface area contributed by atoms with Gasteiger partial charge in [0.25, 0.3) is 0 Å². The summed E-state index contributed by atoms with van der Waals surface area (Å²) in [4.78, 5) is 1.45. The van der Waals surface area contributed by atoms with E-state index in [1.807, 2.05) is 0 Å². The number of hydrogen-bond donors (Lipinski definition) is 0. The molecule has 0 spiro atoms. The van der Waals surface area contributed by atoms with Crippen molar-refractivity contribution in [2.45, 2.75) is 0 Å². The second-order valence-corrected chi connectivity index (χ2v) is 0.894. The second-order valence-electron chi connectivity index (χ2n) is 0.218. The molecule has 0 heterocycles. The lowest BCUT2D eigenvalue weighted by molar-refractivity contribution is 2.42. The topological polar surface area (TPSA) is 0 Å². The number of rotatable bonds is 0. The minimum atomic E-state index is 1.45. The first-order valence-corrected chi connectivity index (χ1v) is 1.99. The van der Waals surface area contributed by atoms with Crippen molar-refractivity contribution in [1.82, 2.24) is 0 Å². The molecule has 0 aromatic heterocycles. The number of hydrogen-bond acceptors (Lipinski definition) is 0. The van der Waals surface area contributed by atoms with Crippen molar-refractivity contribution in [3.8, 4) is 0 Å². The van der Waals surface area contributed by atoms with Crippen LogP contribution >= 0.6 is 27.5 Å². The van der Waals surface area contributed by atoms with Gasteiger partial charge in [0, 0.05) is 4.99 Å². The van der Waals surface area contributed by atoms with Crippen LogP contribution < -0.4 is 0 Å². The van der Waals surface area contributed by atoms with E-state index in [1.165, 1.54) is 4.99 Å². The zero-order chi connectivity index (χ0) is 3.41. The van der Waals surface area contributed by atoms with Gasteiger partial charge >= 0.3 is 0 Å². The zero-order valence-corrected chi connectivity index (χ0v) is 4.18. The average molecular weight is 140 g/mol. The molecule has 0 atom stereocenters. The standard InChI is InChI=1S/C2HBrCl/c3-1-2-4/h1H. The van der Waals surface area contributed by atoms with Crippen LogP contribution in [0.15, 0.2) is 4.99 Å². The third kappa shape index (κ3) is 2.51. The quantitative estimate of drug-likeness (QED) is 0.482. The Morgan fingerprint density at radius 2 is 2.25 bits per heavy atom. The van der Waals surface area contributed by atoms with Gasteiger partial charge in [0.1, 0.15) is 0 Å². The summed E-state index contributed by atoms with van der Waals surface area (Å²) in [6.45, 7) is 0. The molecule has 0 aromatic carbocycles. The maximum Gasteiger partial charge on any atom is 0.0666 e. The molecule has 0 N–H and O–H groups in total. The molecule has 0 nitrogen and oxygen atoms in total. The van der Waals surface area contributed by atoms with Crippen molar-refractivity contribution in [1.29, 1.82) is 0 Å². The lowest BCUT2D eigenvalue weighted by atomic mass is 11.3. The Balaban J connectivity index is 2.55. The minimum Gasteiger partial charge on any atom is -0.0821 e. The van der Waals surface area contributed by atoms with E-state index >= 15 is 0 Å².